The second-order valence-electron chi connectivity index (χ2n) is 6.12. The molecular weight excluding hydrogens is 414 g/mol. The summed E-state index contributed by atoms with van der Waals surface area (Å²) in [6.07, 6.45) is 1.32. The third-order valence-corrected chi connectivity index (χ3v) is 5.26. The number of sulfonamides is 1. The maximum atomic E-state index is 13.0. The molecule has 0 heterocycles. The zero-order valence-electron chi connectivity index (χ0n) is 15.9. The van der Waals surface area contributed by atoms with Gasteiger partial charge in [0.25, 0.3) is 10.0 Å². The highest BCUT2D eigenvalue weighted by Crippen LogP contribution is 2.22. The van der Waals surface area contributed by atoms with Crippen LogP contribution < -0.4 is 14.3 Å². The molecule has 0 bridgehead atoms. The Hall–Kier alpha value is -3.46. The summed E-state index contributed by atoms with van der Waals surface area (Å²) in [4.78, 5) is 1.97. The van der Waals surface area contributed by atoms with Gasteiger partial charge in [0.1, 0.15) is 29.7 Å². The average Bonchev–Trinajstić information content (AvgIpc) is 2.73. The molecule has 9 heteroatoms. The van der Waals surface area contributed by atoms with Gasteiger partial charge in [0.2, 0.25) is 0 Å². The van der Waals surface area contributed by atoms with Crippen LogP contribution in [0.5, 0.6) is 11.5 Å². The van der Waals surface area contributed by atoms with Gasteiger partial charge in [-0.05, 0) is 72.3 Å². The Labute approximate surface area is 172 Å². The molecule has 3 aromatic carbocycles. The van der Waals surface area contributed by atoms with E-state index < -0.39 is 15.8 Å². The van der Waals surface area contributed by atoms with E-state index in [4.69, 9.17) is 9.47 Å². The minimum absolute atomic E-state index is 0.107. The van der Waals surface area contributed by atoms with Gasteiger partial charge < -0.3 is 9.47 Å². The SMILES string of the molecule is COc1ccc(/C=N/NS(=O)(=O)c2ccc(F)cc2)cc1COc1ccc(F)cc1. The maximum Gasteiger partial charge on any atom is 0.276 e. The van der Waals surface area contributed by atoms with Crippen LogP contribution in [0.4, 0.5) is 8.78 Å². The molecule has 0 spiro atoms. The summed E-state index contributed by atoms with van der Waals surface area (Å²) in [6, 6.07) is 15.1. The normalized spacial score (nSPS) is 11.4. The van der Waals surface area contributed by atoms with E-state index in [1.54, 1.807) is 18.2 Å². The van der Waals surface area contributed by atoms with Crippen molar-refractivity contribution in [2.45, 2.75) is 11.5 Å². The number of hydrogen-bond acceptors (Lipinski definition) is 5. The summed E-state index contributed by atoms with van der Waals surface area (Å²) in [5.41, 5.74) is 1.28. The number of rotatable bonds is 8. The van der Waals surface area contributed by atoms with E-state index in [1.165, 1.54) is 37.6 Å². The van der Waals surface area contributed by atoms with Gasteiger partial charge in [-0.25, -0.2) is 13.6 Å². The number of methoxy groups -OCH3 is 1. The molecule has 0 unspecified atom stereocenters. The van der Waals surface area contributed by atoms with E-state index in [9.17, 15) is 17.2 Å². The first-order valence-corrected chi connectivity index (χ1v) is 10.2. The van der Waals surface area contributed by atoms with E-state index in [2.05, 4.69) is 9.93 Å². The van der Waals surface area contributed by atoms with Gasteiger partial charge in [-0.15, -0.1) is 0 Å². The maximum absolute atomic E-state index is 13.0. The lowest BCUT2D eigenvalue weighted by atomic mass is 10.1. The second-order valence-corrected chi connectivity index (χ2v) is 7.78. The predicted octanol–water partition coefficient (Wildman–Crippen LogP) is 3.86. The van der Waals surface area contributed by atoms with Crippen molar-refractivity contribution >= 4 is 16.2 Å². The Kier molecular flexibility index (Phi) is 6.63. The molecule has 0 radical (unpaired) electrons. The molecule has 0 fully saturated rings. The first-order chi connectivity index (χ1) is 14.4. The van der Waals surface area contributed by atoms with Gasteiger partial charge in [-0.1, -0.05) is 0 Å². The molecule has 0 saturated carbocycles. The van der Waals surface area contributed by atoms with Crippen LogP contribution >= 0.6 is 0 Å². The van der Waals surface area contributed by atoms with Crippen LogP contribution in [0.25, 0.3) is 0 Å². The number of hydrazone groups is 1. The summed E-state index contributed by atoms with van der Waals surface area (Å²) in [5, 5.41) is 3.76. The smallest absolute Gasteiger partial charge is 0.276 e. The van der Waals surface area contributed by atoms with E-state index in [-0.39, 0.29) is 17.3 Å². The Morgan fingerprint density at radius 3 is 2.23 bits per heavy atom. The minimum atomic E-state index is -3.91. The molecular formula is C21H18F2N2O4S. The molecule has 0 atom stereocenters. The topological polar surface area (TPSA) is 77.0 Å². The molecule has 0 aliphatic rings. The molecule has 156 valence electrons. The number of nitrogens with one attached hydrogen (secondary N) is 1. The number of nitrogens with zero attached hydrogens (tertiary/aromatic N) is 1. The molecule has 0 amide bonds. The second kappa shape index (κ2) is 9.36. The van der Waals surface area contributed by atoms with E-state index in [0.717, 1.165) is 24.3 Å². The van der Waals surface area contributed by atoms with Crippen LogP contribution in [0.15, 0.2) is 76.7 Å². The van der Waals surface area contributed by atoms with E-state index in [0.29, 0.717) is 22.6 Å². The number of hydrogen-bond donors (Lipinski definition) is 1. The van der Waals surface area contributed by atoms with Gasteiger partial charge in [0.05, 0.1) is 18.2 Å². The van der Waals surface area contributed by atoms with Gasteiger partial charge >= 0.3 is 0 Å². The van der Waals surface area contributed by atoms with Crippen molar-refractivity contribution in [3.63, 3.8) is 0 Å². The third-order valence-electron chi connectivity index (χ3n) is 4.02. The molecule has 0 aliphatic carbocycles. The Bertz CT molecular complexity index is 1130. The lowest BCUT2D eigenvalue weighted by molar-refractivity contribution is 0.296. The summed E-state index contributed by atoms with van der Waals surface area (Å²) < 4.78 is 61.2. The van der Waals surface area contributed by atoms with Crippen LogP contribution in [-0.2, 0) is 16.6 Å². The quantitative estimate of drug-likeness (QED) is 0.433. The van der Waals surface area contributed by atoms with Crippen molar-refractivity contribution in [1.82, 2.24) is 4.83 Å². The Balaban J connectivity index is 1.70. The zero-order chi connectivity index (χ0) is 21.6. The highest BCUT2D eigenvalue weighted by Gasteiger charge is 2.12. The molecule has 0 saturated heterocycles. The van der Waals surface area contributed by atoms with Crippen LogP contribution in [0.3, 0.4) is 0 Å². The van der Waals surface area contributed by atoms with E-state index in [1.807, 2.05) is 0 Å². The molecule has 1 N–H and O–H groups in total. The molecule has 3 aromatic rings. The molecule has 3 rings (SSSR count). The molecule has 6 nitrogen and oxygen atoms in total. The largest absolute Gasteiger partial charge is 0.496 e. The number of halogens is 2. The highest BCUT2D eigenvalue weighted by atomic mass is 32.2. The summed E-state index contributed by atoms with van der Waals surface area (Å²) >= 11 is 0. The van der Waals surface area contributed by atoms with E-state index >= 15 is 0 Å². The fraction of sp³-hybridized carbons (Fsp3) is 0.0952. The summed E-state index contributed by atoms with van der Waals surface area (Å²) in [7, 11) is -2.40. The number of benzene rings is 3. The lowest BCUT2D eigenvalue weighted by Gasteiger charge is -2.11. The van der Waals surface area contributed by atoms with Crippen LogP contribution in [0, 0.1) is 11.6 Å². The third kappa shape index (κ3) is 5.54. The molecule has 0 aliphatic heterocycles. The standard InChI is InChI=1S/C21H18F2N2O4S/c1-28-21-11-2-15(12-16(21)14-29-19-7-3-17(22)4-8-19)13-24-25-30(26,27)20-9-5-18(23)6-10-20/h2-13,25H,14H2,1H3/b24-13+. The Morgan fingerprint density at radius 1 is 0.967 bits per heavy atom. The highest BCUT2D eigenvalue weighted by molar-refractivity contribution is 7.89. The van der Waals surface area contributed by atoms with Gasteiger partial charge in [-0.3, -0.25) is 0 Å². The van der Waals surface area contributed by atoms with Gasteiger partial charge in [-0.2, -0.15) is 13.5 Å². The summed E-state index contributed by atoms with van der Waals surface area (Å²) in [6.45, 7) is 0.151. The lowest BCUT2D eigenvalue weighted by Crippen LogP contribution is -2.18. The van der Waals surface area contributed by atoms with Crippen molar-refractivity contribution < 1.29 is 26.7 Å². The zero-order valence-corrected chi connectivity index (χ0v) is 16.7. The van der Waals surface area contributed by atoms with Crippen LogP contribution in [0.2, 0.25) is 0 Å². The monoisotopic (exact) mass is 432 g/mol. The first kappa shape index (κ1) is 21.3. The Morgan fingerprint density at radius 2 is 1.60 bits per heavy atom. The van der Waals surface area contributed by atoms with Crippen LogP contribution in [-0.4, -0.2) is 21.7 Å². The fourth-order valence-electron chi connectivity index (χ4n) is 2.52. The first-order valence-electron chi connectivity index (χ1n) is 8.73. The fourth-order valence-corrected chi connectivity index (χ4v) is 3.31. The predicted molar refractivity (Wildman–Crippen MR) is 108 cm³/mol. The van der Waals surface area contributed by atoms with Crippen molar-refractivity contribution in [2.75, 3.05) is 7.11 Å². The van der Waals surface area contributed by atoms with Crippen LogP contribution in [0.1, 0.15) is 11.1 Å². The van der Waals surface area contributed by atoms with Crippen molar-refractivity contribution in [2.24, 2.45) is 5.10 Å². The summed E-state index contributed by atoms with van der Waals surface area (Å²) in [5.74, 6) is 0.165. The van der Waals surface area contributed by atoms with Gasteiger partial charge in [0.15, 0.2) is 0 Å². The van der Waals surface area contributed by atoms with Crippen molar-refractivity contribution in [3.05, 3.63) is 89.5 Å². The van der Waals surface area contributed by atoms with Crippen molar-refractivity contribution in [1.29, 1.82) is 0 Å². The van der Waals surface area contributed by atoms with Crippen molar-refractivity contribution in [3.8, 4) is 11.5 Å². The van der Waals surface area contributed by atoms with Gasteiger partial charge in [0, 0.05) is 5.56 Å². The number of ether oxygens (including phenoxy) is 2. The average molecular weight is 432 g/mol. The molecule has 30 heavy (non-hydrogen) atoms. The minimum Gasteiger partial charge on any atom is -0.496 e. The molecule has 0 aromatic heterocycles.